The predicted molar refractivity (Wildman–Crippen MR) is 136 cm³/mol. The van der Waals surface area contributed by atoms with E-state index >= 15 is 0 Å². The van der Waals surface area contributed by atoms with Crippen LogP contribution in [0, 0.1) is 23.2 Å². The van der Waals surface area contributed by atoms with Crippen molar-refractivity contribution in [1.82, 2.24) is 32.3 Å². The summed E-state index contributed by atoms with van der Waals surface area (Å²) in [5.41, 5.74) is 9.05. The summed E-state index contributed by atoms with van der Waals surface area (Å²) >= 11 is 6.22. The Labute approximate surface area is 214 Å². The van der Waals surface area contributed by atoms with Crippen LogP contribution in [0.5, 0.6) is 0 Å². The van der Waals surface area contributed by atoms with Crippen LogP contribution in [0.1, 0.15) is 84.5 Å². The topological polar surface area (TPSA) is 116 Å². The van der Waals surface area contributed by atoms with Gasteiger partial charge in [-0.2, -0.15) is 5.48 Å². The molecule has 0 aromatic carbocycles. The standard InChI is InChI=1S/C25H45ClN6O3/c1-25(2,15-28-23-18-6-3-4-7-19(18)24(34)31-30-23)14-27-20(33)8-5-9-21-29-22(32-35-21)16-10-12-17(26)13-11-16/h16-19,21-23,28-30,32H,3-15H2,1-2H3,(H,27,33)(H,31,34). The van der Waals surface area contributed by atoms with Crippen molar-refractivity contribution in [3.63, 3.8) is 0 Å². The third kappa shape index (κ3) is 7.76. The van der Waals surface area contributed by atoms with Crippen LogP contribution in [-0.2, 0) is 14.4 Å². The number of fused-ring (bicyclic) bond motifs is 1. The van der Waals surface area contributed by atoms with Gasteiger partial charge in [0.05, 0.1) is 12.3 Å². The first kappa shape index (κ1) is 27.1. The molecule has 0 spiro atoms. The lowest BCUT2D eigenvalue weighted by Gasteiger charge is -2.42. The molecule has 2 saturated heterocycles. The van der Waals surface area contributed by atoms with Crippen LogP contribution in [-0.4, -0.2) is 48.8 Å². The molecule has 2 aliphatic heterocycles. The highest BCUT2D eigenvalue weighted by atomic mass is 35.5. The fraction of sp³-hybridized carbons (Fsp3) is 0.920. The lowest BCUT2D eigenvalue weighted by molar-refractivity contribution is -0.134. The summed E-state index contributed by atoms with van der Waals surface area (Å²) in [6.45, 7) is 5.67. The first-order valence-corrected chi connectivity index (χ1v) is 14.1. The quantitative estimate of drug-likeness (QED) is 0.249. The second-order valence-corrected chi connectivity index (χ2v) is 12.4. The molecule has 2 amide bonds. The van der Waals surface area contributed by atoms with Gasteiger partial charge in [0.15, 0.2) is 0 Å². The van der Waals surface area contributed by atoms with E-state index in [1.54, 1.807) is 0 Å². The molecule has 0 bridgehead atoms. The average Bonchev–Trinajstić information content (AvgIpc) is 3.32. The molecule has 5 atom stereocenters. The van der Waals surface area contributed by atoms with Gasteiger partial charge < -0.3 is 5.32 Å². The first-order chi connectivity index (χ1) is 16.8. The molecule has 4 fully saturated rings. The van der Waals surface area contributed by atoms with Gasteiger partial charge in [0.1, 0.15) is 6.23 Å². The van der Waals surface area contributed by atoms with Gasteiger partial charge in [-0.15, -0.1) is 11.6 Å². The molecule has 0 radical (unpaired) electrons. The maximum absolute atomic E-state index is 12.5. The molecule has 200 valence electrons. The van der Waals surface area contributed by atoms with Crippen molar-refractivity contribution in [2.75, 3.05) is 13.1 Å². The van der Waals surface area contributed by atoms with Gasteiger partial charge in [0.2, 0.25) is 11.8 Å². The van der Waals surface area contributed by atoms with Gasteiger partial charge in [-0.3, -0.25) is 30.5 Å². The monoisotopic (exact) mass is 512 g/mol. The highest BCUT2D eigenvalue weighted by Gasteiger charge is 2.40. The summed E-state index contributed by atoms with van der Waals surface area (Å²) in [5.74, 6) is 1.20. The van der Waals surface area contributed by atoms with E-state index in [0.717, 1.165) is 64.3 Å². The van der Waals surface area contributed by atoms with E-state index in [1.165, 1.54) is 6.42 Å². The number of carbonyl (C=O) groups is 2. The highest BCUT2D eigenvalue weighted by Crippen LogP contribution is 2.34. The lowest BCUT2D eigenvalue weighted by Crippen LogP contribution is -2.65. The van der Waals surface area contributed by atoms with Crippen molar-refractivity contribution in [1.29, 1.82) is 0 Å². The number of hydrogen-bond acceptors (Lipinski definition) is 7. The Balaban J connectivity index is 1.09. The summed E-state index contributed by atoms with van der Waals surface area (Å²) < 4.78 is 0. The Morgan fingerprint density at radius 1 is 1.11 bits per heavy atom. The zero-order chi connectivity index (χ0) is 24.8. The Hall–Kier alpha value is -0.970. The van der Waals surface area contributed by atoms with Crippen LogP contribution in [0.15, 0.2) is 0 Å². The van der Waals surface area contributed by atoms with Gasteiger partial charge in [0.25, 0.3) is 0 Å². The van der Waals surface area contributed by atoms with Crippen molar-refractivity contribution in [2.45, 2.75) is 108 Å². The van der Waals surface area contributed by atoms with Crippen molar-refractivity contribution in [3.8, 4) is 0 Å². The van der Waals surface area contributed by atoms with Crippen LogP contribution in [0.3, 0.4) is 0 Å². The highest BCUT2D eigenvalue weighted by molar-refractivity contribution is 6.20. The van der Waals surface area contributed by atoms with E-state index in [2.05, 4.69) is 46.1 Å². The van der Waals surface area contributed by atoms with E-state index in [1.807, 2.05) is 0 Å². The number of amides is 2. The molecule has 5 unspecified atom stereocenters. The maximum Gasteiger partial charge on any atom is 0.237 e. The van der Waals surface area contributed by atoms with Gasteiger partial charge in [0, 0.05) is 36.7 Å². The predicted octanol–water partition coefficient (Wildman–Crippen LogP) is 2.23. The number of alkyl halides is 1. The van der Waals surface area contributed by atoms with Crippen LogP contribution in [0.25, 0.3) is 0 Å². The number of nitrogens with one attached hydrogen (secondary N) is 6. The number of hydroxylamine groups is 1. The minimum absolute atomic E-state index is 0.0470. The van der Waals surface area contributed by atoms with Gasteiger partial charge in [-0.25, -0.2) is 5.43 Å². The van der Waals surface area contributed by atoms with Crippen LogP contribution in [0.4, 0.5) is 0 Å². The van der Waals surface area contributed by atoms with E-state index in [0.29, 0.717) is 30.2 Å². The van der Waals surface area contributed by atoms with E-state index in [9.17, 15) is 9.59 Å². The van der Waals surface area contributed by atoms with E-state index < -0.39 is 0 Å². The normalized spacial score (nSPS) is 35.9. The summed E-state index contributed by atoms with van der Waals surface area (Å²) in [6.07, 6.45) is 11.0. The summed E-state index contributed by atoms with van der Waals surface area (Å²) in [7, 11) is 0. The molecule has 2 saturated carbocycles. The van der Waals surface area contributed by atoms with Crippen LogP contribution < -0.4 is 32.3 Å². The third-order valence-corrected chi connectivity index (χ3v) is 8.68. The van der Waals surface area contributed by atoms with Crippen molar-refractivity contribution in [3.05, 3.63) is 0 Å². The molecule has 10 heteroatoms. The third-order valence-electron chi connectivity index (χ3n) is 8.25. The molecule has 6 N–H and O–H groups in total. The Bertz CT molecular complexity index is 717. The fourth-order valence-electron chi connectivity index (χ4n) is 5.97. The van der Waals surface area contributed by atoms with Crippen molar-refractivity contribution < 1.29 is 14.4 Å². The van der Waals surface area contributed by atoms with E-state index in [-0.39, 0.29) is 41.7 Å². The Kier molecular flexibility index (Phi) is 9.68. The summed E-state index contributed by atoms with van der Waals surface area (Å²) in [6, 6.07) is 0. The minimum atomic E-state index is -0.0990. The second-order valence-electron chi connectivity index (χ2n) is 11.8. The molecule has 2 aliphatic carbocycles. The van der Waals surface area contributed by atoms with Crippen LogP contribution in [0.2, 0.25) is 0 Å². The first-order valence-electron chi connectivity index (χ1n) is 13.7. The SMILES string of the molecule is CC(C)(CNC(=O)CCCC1NC(C2CCC(Cl)CC2)NO1)CNC1NNC(=O)C2CCCCC12. The smallest absolute Gasteiger partial charge is 0.237 e. The molecule has 9 nitrogen and oxygen atoms in total. The second kappa shape index (κ2) is 12.5. The van der Waals surface area contributed by atoms with E-state index in [4.69, 9.17) is 16.4 Å². The molecule has 4 rings (SSSR count). The minimum Gasteiger partial charge on any atom is -0.356 e. The number of hydrogen-bond donors (Lipinski definition) is 6. The molecular formula is C25H45ClN6O3. The van der Waals surface area contributed by atoms with Gasteiger partial charge in [-0.05, 0) is 62.7 Å². The summed E-state index contributed by atoms with van der Waals surface area (Å²) in [4.78, 5) is 30.3. The van der Waals surface area contributed by atoms with Crippen molar-refractivity contribution >= 4 is 23.4 Å². The number of hydrazine groups is 1. The Morgan fingerprint density at radius 2 is 1.89 bits per heavy atom. The lowest BCUT2D eigenvalue weighted by atomic mass is 9.76. The van der Waals surface area contributed by atoms with Gasteiger partial charge >= 0.3 is 0 Å². The number of carbonyl (C=O) groups excluding carboxylic acids is 2. The molecule has 0 aromatic rings. The zero-order valence-corrected chi connectivity index (χ0v) is 22.1. The average molecular weight is 513 g/mol. The van der Waals surface area contributed by atoms with Crippen LogP contribution >= 0.6 is 11.6 Å². The Morgan fingerprint density at radius 3 is 2.69 bits per heavy atom. The molecule has 35 heavy (non-hydrogen) atoms. The number of halogens is 1. The molecule has 4 aliphatic rings. The van der Waals surface area contributed by atoms with Gasteiger partial charge in [-0.1, -0.05) is 26.7 Å². The maximum atomic E-state index is 12.5. The number of rotatable bonds is 10. The molecular weight excluding hydrogens is 468 g/mol. The fourth-order valence-corrected chi connectivity index (χ4v) is 6.22. The summed E-state index contributed by atoms with van der Waals surface area (Å²) in [5, 5.41) is 10.6. The largest absolute Gasteiger partial charge is 0.356 e. The zero-order valence-electron chi connectivity index (χ0n) is 21.3. The van der Waals surface area contributed by atoms with Crippen molar-refractivity contribution in [2.24, 2.45) is 23.2 Å². The molecule has 0 aromatic heterocycles. The molecule has 2 heterocycles.